The lowest BCUT2D eigenvalue weighted by Crippen LogP contribution is -2.35. The second-order valence-corrected chi connectivity index (χ2v) is 7.68. The van der Waals surface area contributed by atoms with E-state index in [4.69, 9.17) is 0 Å². The summed E-state index contributed by atoms with van der Waals surface area (Å²) in [7, 11) is -0.0281. The Morgan fingerprint density at radius 3 is 2.20 bits per heavy atom. The van der Waals surface area contributed by atoms with Crippen molar-refractivity contribution in [2.45, 2.75) is 0 Å². The van der Waals surface area contributed by atoms with Crippen molar-refractivity contribution in [1.82, 2.24) is 4.90 Å². The van der Waals surface area contributed by atoms with Gasteiger partial charge in [0.2, 0.25) is 0 Å². The number of hydrogen-bond donors (Lipinski definition) is 0. The van der Waals surface area contributed by atoms with Crippen molar-refractivity contribution in [3.63, 3.8) is 0 Å². The normalized spacial score (nSPS) is 16.0. The van der Waals surface area contributed by atoms with Gasteiger partial charge in [0.25, 0.3) is 0 Å². The minimum absolute atomic E-state index is 0.0229. The summed E-state index contributed by atoms with van der Waals surface area (Å²) in [6, 6.07) is 12.8. The largest absolute Gasteiger partial charge is 0.331 e. The van der Waals surface area contributed by atoms with Crippen LogP contribution < -0.4 is 8.61 Å². The van der Waals surface area contributed by atoms with Crippen LogP contribution in [0.1, 0.15) is 0 Å². The molecule has 0 aromatic heterocycles. The van der Waals surface area contributed by atoms with Gasteiger partial charge in [-0.15, -0.1) is 0 Å². The fraction of sp³-hybridized carbons (Fsp3) is 0.222. The summed E-state index contributed by atoms with van der Waals surface area (Å²) < 4.78 is 42.8. The quantitative estimate of drug-likeness (QED) is 0.769. The van der Waals surface area contributed by atoms with Crippen LogP contribution in [0.25, 0.3) is 0 Å². The van der Waals surface area contributed by atoms with Crippen molar-refractivity contribution in [3.8, 4) is 0 Å². The van der Waals surface area contributed by atoms with E-state index in [9.17, 15) is 12.8 Å². The Hall–Kier alpha value is -2.38. The first-order valence-corrected chi connectivity index (χ1v) is 9.29. The fourth-order valence-corrected chi connectivity index (χ4v) is 4.39. The molecule has 0 saturated carbocycles. The maximum Gasteiger partial charge on any atom is 0.331 e. The van der Waals surface area contributed by atoms with E-state index in [-0.39, 0.29) is 12.2 Å². The summed E-state index contributed by atoms with van der Waals surface area (Å²) in [5.41, 5.74) is 1.02. The highest BCUT2D eigenvalue weighted by Crippen LogP contribution is 2.45. The summed E-state index contributed by atoms with van der Waals surface area (Å²) in [5.74, 6) is -0.578. The molecule has 0 fully saturated rings. The third-order valence-corrected chi connectivity index (χ3v) is 5.62. The highest BCUT2D eigenvalue weighted by Gasteiger charge is 2.41. The molecule has 0 unspecified atom stereocenters. The molecule has 1 aliphatic rings. The number of benzene rings is 2. The lowest BCUT2D eigenvalue weighted by atomic mass is 10.2. The van der Waals surface area contributed by atoms with Gasteiger partial charge in [-0.2, -0.15) is 8.42 Å². The van der Waals surface area contributed by atoms with E-state index in [1.807, 2.05) is 25.1 Å². The Labute approximate surface area is 147 Å². The minimum Gasteiger partial charge on any atom is -0.306 e. The van der Waals surface area contributed by atoms with Crippen molar-refractivity contribution in [2.75, 3.05) is 35.8 Å². The van der Waals surface area contributed by atoms with Crippen LogP contribution in [0, 0.1) is 5.82 Å². The molecule has 0 aliphatic carbocycles. The predicted octanol–water partition coefficient (Wildman–Crippen LogP) is 3.15. The van der Waals surface area contributed by atoms with E-state index < -0.39 is 16.0 Å². The van der Waals surface area contributed by atoms with E-state index in [0.717, 1.165) is 4.31 Å². The predicted molar refractivity (Wildman–Crippen MR) is 98.9 cm³/mol. The van der Waals surface area contributed by atoms with Crippen molar-refractivity contribution in [2.24, 2.45) is 0 Å². The molecule has 0 bridgehead atoms. The molecule has 2 aromatic rings. The first-order chi connectivity index (χ1) is 11.9. The molecule has 0 atom stereocenters. The molecule has 2 aromatic carbocycles. The van der Waals surface area contributed by atoms with Gasteiger partial charge in [0.15, 0.2) is 0 Å². The molecule has 5 nitrogen and oxygen atoms in total. The van der Waals surface area contributed by atoms with Crippen LogP contribution in [0.2, 0.25) is 0 Å². The molecular weight excluding hydrogens is 341 g/mol. The average Bonchev–Trinajstić information content (AvgIpc) is 2.79. The highest BCUT2D eigenvalue weighted by molar-refractivity contribution is 7.95. The molecule has 25 heavy (non-hydrogen) atoms. The maximum absolute atomic E-state index is 14.3. The topological polar surface area (TPSA) is 43.9 Å². The van der Waals surface area contributed by atoms with Gasteiger partial charge in [-0.3, -0.25) is 0 Å². The van der Waals surface area contributed by atoms with Gasteiger partial charge >= 0.3 is 10.2 Å². The number of hydrogen-bond acceptors (Lipinski definition) is 3. The van der Waals surface area contributed by atoms with Gasteiger partial charge in [0, 0.05) is 6.54 Å². The third kappa shape index (κ3) is 3.25. The molecule has 0 amide bonds. The smallest absolute Gasteiger partial charge is 0.306 e. The van der Waals surface area contributed by atoms with E-state index in [0.29, 0.717) is 17.9 Å². The van der Waals surface area contributed by atoms with Gasteiger partial charge in [0.05, 0.1) is 23.6 Å². The SMILES string of the molecule is CN(C)C/C=C/CN1c2ccccc2N(c2ccccc2F)S1(=O)=O. The van der Waals surface area contributed by atoms with Crippen LogP contribution in [-0.4, -0.2) is 40.5 Å². The Kier molecular flexibility index (Phi) is 4.78. The van der Waals surface area contributed by atoms with Crippen molar-refractivity contribution < 1.29 is 12.8 Å². The van der Waals surface area contributed by atoms with E-state index in [1.54, 1.807) is 36.4 Å². The molecule has 0 saturated heterocycles. The number of likely N-dealkylation sites (N-methyl/N-ethyl adjacent to an activating group) is 1. The number of fused-ring (bicyclic) bond motifs is 1. The molecule has 0 N–H and O–H groups in total. The third-order valence-electron chi connectivity index (χ3n) is 3.86. The first-order valence-electron chi connectivity index (χ1n) is 7.89. The monoisotopic (exact) mass is 361 g/mol. The zero-order valence-corrected chi connectivity index (χ0v) is 14.9. The standard InChI is InChI=1S/C18H20FN3O2S/c1-20(2)13-7-8-14-21-17-11-5-6-12-18(17)22(25(21,23)24)16-10-4-3-9-15(16)19/h3-12H,13-14H2,1-2H3/b8-7+. The van der Waals surface area contributed by atoms with Gasteiger partial charge < -0.3 is 4.90 Å². The van der Waals surface area contributed by atoms with Gasteiger partial charge in [0.1, 0.15) is 5.82 Å². The number of anilines is 3. The van der Waals surface area contributed by atoms with Crippen LogP contribution in [0.15, 0.2) is 60.7 Å². The van der Waals surface area contributed by atoms with Gasteiger partial charge in [-0.1, -0.05) is 36.4 Å². The highest BCUT2D eigenvalue weighted by atomic mass is 32.2. The number of para-hydroxylation sites is 3. The van der Waals surface area contributed by atoms with E-state index in [2.05, 4.69) is 0 Å². The van der Waals surface area contributed by atoms with Gasteiger partial charge in [-0.25, -0.2) is 13.0 Å². The molecule has 1 heterocycles. The van der Waals surface area contributed by atoms with E-state index >= 15 is 0 Å². The lowest BCUT2D eigenvalue weighted by Gasteiger charge is -2.21. The van der Waals surface area contributed by atoms with Crippen molar-refractivity contribution in [1.29, 1.82) is 0 Å². The summed E-state index contributed by atoms with van der Waals surface area (Å²) in [4.78, 5) is 1.98. The number of nitrogens with zero attached hydrogens (tertiary/aromatic N) is 3. The minimum atomic E-state index is -3.90. The second kappa shape index (κ2) is 6.85. The molecule has 7 heteroatoms. The fourth-order valence-electron chi connectivity index (χ4n) is 2.71. The Balaban J connectivity index is 2.02. The Morgan fingerprint density at radius 2 is 1.56 bits per heavy atom. The molecular formula is C18H20FN3O2S. The second-order valence-electron chi connectivity index (χ2n) is 5.98. The Bertz CT molecular complexity index is 897. The molecule has 3 rings (SSSR count). The summed E-state index contributed by atoms with van der Waals surface area (Å²) in [6.07, 6.45) is 3.71. The van der Waals surface area contributed by atoms with Crippen LogP contribution >= 0.6 is 0 Å². The molecule has 0 spiro atoms. The van der Waals surface area contributed by atoms with Crippen LogP contribution in [-0.2, 0) is 10.2 Å². The summed E-state index contributed by atoms with van der Waals surface area (Å²) >= 11 is 0. The first kappa shape index (κ1) is 17.4. The lowest BCUT2D eigenvalue weighted by molar-refractivity contribution is 0.456. The summed E-state index contributed by atoms with van der Waals surface area (Å²) in [6.45, 7) is 0.907. The summed E-state index contributed by atoms with van der Waals surface area (Å²) in [5, 5.41) is 0. The van der Waals surface area contributed by atoms with Crippen LogP contribution in [0.3, 0.4) is 0 Å². The number of rotatable bonds is 5. The van der Waals surface area contributed by atoms with Crippen molar-refractivity contribution in [3.05, 3.63) is 66.5 Å². The van der Waals surface area contributed by atoms with Crippen molar-refractivity contribution >= 4 is 27.3 Å². The molecule has 132 valence electrons. The van der Waals surface area contributed by atoms with Crippen LogP contribution in [0.4, 0.5) is 21.5 Å². The van der Waals surface area contributed by atoms with E-state index in [1.165, 1.54) is 22.5 Å². The van der Waals surface area contributed by atoms with Crippen LogP contribution in [0.5, 0.6) is 0 Å². The Morgan fingerprint density at radius 1 is 0.960 bits per heavy atom. The number of halogens is 1. The van der Waals surface area contributed by atoms with Gasteiger partial charge in [-0.05, 0) is 38.4 Å². The molecule has 1 aliphatic heterocycles. The zero-order chi connectivity index (χ0) is 18.0. The maximum atomic E-state index is 14.3. The average molecular weight is 361 g/mol. The zero-order valence-electron chi connectivity index (χ0n) is 14.1. The molecule has 0 radical (unpaired) electrons.